The van der Waals surface area contributed by atoms with E-state index in [0.29, 0.717) is 0 Å². The highest BCUT2D eigenvalue weighted by Gasteiger charge is 2.20. The molecule has 0 aliphatic heterocycles. The first-order chi connectivity index (χ1) is 9.02. The standard InChI is InChI=1S/C15H19BrN2S/c1-5-17-14(15-18-10(3)11(4)19-15)12-7-6-9(2)8-13(12)16/h6-8,14,17H,5H2,1-4H3. The van der Waals surface area contributed by atoms with Gasteiger partial charge in [-0.25, -0.2) is 4.98 Å². The summed E-state index contributed by atoms with van der Waals surface area (Å²) >= 11 is 5.45. The van der Waals surface area contributed by atoms with Crippen LogP contribution in [0.3, 0.4) is 0 Å². The summed E-state index contributed by atoms with van der Waals surface area (Å²) in [6.07, 6.45) is 0. The fraction of sp³-hybridized carbons (Fsp3) is 0.400. The van der Waals surface area contributed by atoms with Crippen LogP contribution in [-0.2, 0) is 0 Å². The molecule has 0 aliphatic carbocycles. The van der Waals surface area contributed by atoms with Gasteiger partial charge < -0.3 is 5.32 Å². The van der Waals surface area contributed by atoms with Crippen molar-refractivity contribution in [3.8, 4) is 0 Å². The van der Waals surface area contributed by atoms with Gasteiger partial charge in [0, 0.05) is 9.35 Å². The van der Waals surface area contributed by atoms with Crippen molar-refractivity contribution in [2.24, 2.45) is 0 Å². The molecule has 0 fully saturated rings. The summed E-state index contributed by atoms with van der Waals surface area (Å²) in [5.41, 5.74) is 3.64. The Morgan fingerprint density at radius 1 is 1.32 bits per heavy atom. The summed E-state index contributed by atoms with van der Waals surface area (Å²) in [5.74, 6) is 0. The first-order valence-corrected chi connectivity index (χ1v) is 8.07. The number of hydrogen-bond acceptors (Lipinski definition) is 3. The van der Waals surface area contributed by atoms with E-state index in [1.807, 2.05) is 0 Å². The van der Waals surface area contributed by atoms with Crippen molar-refractivity contribution in [1.29, 1.82) is 0 Å². The van der Waals surface area contributed by atoms with Crippen LogP contribution in [0.15, 0.2) is 22.7 Å². The normalized spacial score (nSPS) is 12.7. The molecule has 2 nitrogen and oxygen atoms in total. The van der Waals surface area contributed by atoms with Crippen molar-refractivity contribution in [1.82, 2.24) is 10.3 Å². The maximum atomic E-state index is 4.70. The summed E-state index contributed by atoms with van der Waals surface area (Å²) < 4.78 is 1.14. The van der Waals surface area contributed by atoms with Crippen LogP contribution in [-0.4, -0.2) is 11.5 Å². The highest BCUT2D eigenvalue weighted by Crippen LogP contribution is 2.32. The monoisotopic (exact) mass is 338 g/mol. The third kappa shape index (κ3) is 3.25. The van der Waals surface area contributed by atoms with Crippen molar-refractivity contribution in [2.45, 2.75) is 33.7 Å². The van der Waals surface area contributed by atoms with E-state index in [9.17, 15) is 0 Å². The Labute approximate surface area is 127 Å². The van der Waals surface area contributed by atoms with Crippen LogP contribution in [0, 0.1) is 20.8 Å². The smallest absolute Gasteiger partial charge is 0.115 e. The van der Waals surface area contributed by atoms with Gasteiger partial charge in [-0.2, -0.15) is 0 Å². The quantitative estimate of drug-likeness (QED) is 0.885. The number of nitrogens with zero attached hydrogens (tertiary/aromatic N) is 1. The van der Waals surface area contributed by atoms with E-state index in [0.717, 1.165) is 21.7 Å². The van der Waals surface area contributed by atoms with E-state index in [-0.39, 0.29) is 6.04 Å². The van der Waals surface area contributed by atoms with E-state index < -0.39 is 0 Å². The molecule has 1 aromatic heterocycles. The lowest BCUT2D eigenvalue weighted by atomic mass is 10.1. The van der Waals surface area contributed by atoms with E-state index in [1.165, 1.54) is 16.0 Å². The first kappa shape index (κ1) is 14.7. The molecule has 0 radical (unpaired) electrons. The highest BCUT2D eigenvalue weighted by molar-refractivity contribution is 9.10. The van der Waals surface area contributed by atoms with Gasteiger partial charge in [-0.05, 0) is 44.5 Å². The van der Waals surface area contributed by atoms with Gasteiger partial charge in [-0.3, -0.25) is 0 Å². The molecule has 19 heavy (non-hydrogen) atoms. The lowest BCUT2D eigenvalue weighted by molar-refractivity contribution is 0.624. The Balaban J connectivity index is 2.44. The number of aromatic nitrogens is 1. The average molecular weight is 339 g/mol. The molecule has 0 saturated carbocycles. The van der Waals surface area contributed by atoms with Gasteiger partial charge in [0.25, 0.3) is 0 Å². The summed E-state index contributed by atoms with van der Waals surface area (Å²) in [4.78, 5) is 6.00. The third-order valence-corrected chi connectivity index (χ3v) is 4.99. The highest BCUT2D eigenvalue weighted by atomic mass is 79.9. The van der Waals surface area contributed by atoms with Crippen LogP contribution in [0.4, 0.5) is 0 Å². The van der Waals surface area contributed by atoms with Crippen molar-refractivity contribution in [3.05, 3.63) is 49.4 Å². The molecular formula is C15H19BrN2S. The number of aryl methyl sites for hydroxylation is 3. The van der Waals surface area contributed by atoms with Crippen LogP contribution >= 0.6 is 27.3 Å². The molecule has 1 heterocycles. The van der Waals surface area contributed by atoms with Crippen LogP contribution < -0.4 is 5.32 Å². The zero-order valence-electron chi connectivity index (χ0n) is 11.7. The molecule has 1 N–H and O–H groups in total. The first-order valence-electron chi connectivity index (χ1n) is 6.46. The van der Waals surface area contributed by atoms with Gasteiger partial charge in [0.2, 0.25) is 0 Å². The largest absolute Gasteiger partial charge is 0.305 e. The van der Waals surface area contributed by atoms with Crippen molar-refractivity contribution in [2.75, 3.05) is 6.54 Å². The predicted molar refractivity (Wildman–Crippen MR) is 86.0 cm³/mol. The van der Waals surface area contributed by atoms with E-state index in [2.05, 4.69) is 67.1 Å². The second kappa shape index (κ2) is 6.16. The SMILES string of the molecule is CCNC(c1nc(C)c(C)s1)c1ccc(C)cc1Br. The van der Waals surface area contributed by atoms with E-state index >= 15 is 0 Å². The van der Waals surface area contributed by atoms with Crippen molar-refractivity contribution >= 4 is 27.3 Å². The minimum absolute atomic E-state index is 0.164. The molecule has 0 amide bonds. The second-order valence-corrected chi connectivity index (χ2v) is 6.80. The molecule has 1 aromatic carbocycles. The Bertz CT molecular complexity index is 558. The molecule has 2 rings (SSSR count). The van der Waals surface area contributed by atoms with Crippen molar-refractivity contribution in [3.63, 3.8) is 0 Å². The molecule has 102 valence electrons. The third-order valence-electron chi connectivity index (χ3n) is 3.17. The Kier molecular flexibility index (Phi) is 4.76. The number of rotatable bonds is 4. The van der Waals surface area contributed by atoms with Crippen LogP contribution in [0.1, 0.15) is 39.7 Å². The number of nitrogens with one attached hydrogen (secondary N) is 1. The van der Waals surface area contributed by atoms with Crippen LogP contribution in [0.5, 0.6) is 0 Å². The predicted octanol–water partition coefficient (Wildman–Crippen LogP) is 4.53. The molecule has 1 atom stereocenters. The molecule has 2 aromatic rings. The Morgan fingerprint density at radius 2 is 2.05 bits per heavy atom. The fourth-order valence-corrected chi connectivity index (χ4v) is 3.76. The number of thiazole rings is 1. The Hall–Kier alpha value is -0.710. The summed E-state index contributed by atoms with van der Waals surface area (Å²) in [5, 5.41) is 4.67. The van der Waals surface area contributed by atoms with E-state index in [1.54, 1.807) is 11.3 Å². The summed E-state index contributed by atoms with van der Waals surface area (Å²) in [7, 11) is 0. The van der Waals surface area contributed by atoms with Gasteiger partial charge in [0.05, 0.1) is 11.7 Å². The molecule has 0 bridgehead atoms. The van der Waals surface area contributed by atoms with Gasteiger partial charge in [0.15, 0.2) is 0 Å². The van der Waals surface area contributed by atoms with Gasteiger partial charge >= 0.3 is 0 Å². The fourth-order valence-electron chi connectivity index (χ4n) is 2.02. The maximum Gasteiger partial charge on any atom is 0.115 e. The molecular weight excluding hydrogens is 320 g/mol. The molecule has 0 saturated heterocycles. The van der Waals surface area contributed by atoms with Gasteiger partial charge in [-0.15, -0.1) is 11.3 Å². The lowest BCUT2D eigenvalue weighted by Crippen LogP contribution is -2.22. The van der Waals surface area contributed by atoms with Crippen LogP contribution in [0.25, 0.3) is 0 Å². The zero-order chi connectivity index (χ0) is 14.0. The molecule has 4 heteroatoms. The molecule has 0 spiro atoms. The summed E-state index contributed by atoms with van der Waals surface area (Å²) in [6, 6.07) is 6.65. The van der Waals surface area contributed by atoms with E-state index in [4.69, 9.17) is 4.98 Å². The second-order valence-electron chi connectivity index (χ2n) is 4.71. The zero-order valence-corrected chi connectivity index (χ0v) is 14.2. The van der Waals surface area contributed by atoms with Crippen LogP contribution in [0.2, 0.25) is 0 Å². The average Bonchev–Trinajstić information content (AvgIpc) is 2.67. The molecule has 1 unspecified atom stereocenters. The summed E-state index contributed by atoms with van der Waals surface area (Å²) in [6.45, 7) is 9.35. The Morgan fingerprint density at radius 3 is 2.58 bits per heavy atom. The number of hydrogen-bond donors (Lipinski definition) is 1. The number of halogens is 1. The maximum absolute atomic E-state index is 4.70. The van der Waals surface area contributed by atoms with Gasteiger partial charge in [0.1, 0.15) is 5.01 Å². The number of benzene rings is 1. The lowest BCUT2D eigenvalue weighted by Gasteiger charge is -2.17. The molecule has 0 aliphatic rings. The van der Waals surface area contributed by atoms with Crippen molar-refractivity contribution < 1.29 is 0 Å². The minimum atomic E-state index is 0.164. The minimum Gasteiger partial charge on any atom is -0.305 e. The topological polar surface area (TPSA) is 24.9 Å². The van der Waals surface area contributed by atoms with Gasteiger partial charge in [-0.1, -0.05) is 35.0 Å².